The molecule has 0 bridgehead atoms. The number of nitriles is 1. The second-order valence-corrected chi connectivity index (χ2v) is 6.67. The molecule has 118 valence electrons. The Balaban J connectivity index is 1.79. The third kappa shape index (κ3) is 3.25. The maximum absolute atomic E-state index is 12.7. The summed E-state index contributed by atoms with van der Waals surface area (Å²) in [5.74, 6) is -0.0576. The number of aryl methyl sites for hydroxylation is 1. The molecule has 1 amide bonds. The molecule has 1 fully saturated rings. The number of benzene rings is 1. The Morgan fingerprint density at radius 1 is 1.52 bits per heavy atom. The van der Waals surface area contributed by atoms with E-state index < -0.39 is 0 Å². The lowest BCUT2D eigenvalue weighted by Gasteiger charge is -2.33. The summed E-state index contributed by atoms with van der Waals surface area (Å²) in [4.78, 5) is 15.0. The van der Waals surface area contributed by atoms with Crippen molar-refractivity contribution in [3.63, 3.8) is 0 Å². The zero-order valence-electron chi connectivity index (χ0n) is 12.6. The van der Waals surface area contributed by atoms with Gasteiger partial charge in [-0.3, -0.25) is 4.79 Å². The van der Waals surface area contributed by atoms with E-state index in [1.54, 1.807) is 17.0 Å². The van der Waals surface area contributed by atoms with Crippen molar-refractivity contribution in [1.82, 2.24) is 4.90 Å². The molecule has 0 saturated carbocycles. The van der Waals surface area contributed by atoms with E-state index in [0.717, 1.165) is 11.1 Å². The van der Waals surface area contributed by atoms with Gasteiger partial charge < -0.3 is 9.64 Å². The number of hydrogen-bond donors (Lipinski definition) is 0. The van der Waals surface area contributed by atoms with Crippen molar-refractivity contribution in [1.29, 1.82) is 5.26 Å². The van der Waals surface area contributed by atoms with E-state index >= 15 is 0 Å². The molecule has 2 heterocycles. The van der Waals surface area contributed by atoms with Crippen molar-refractivity contribution in [3.8, 4) is 6.07 Å². The molecule has 6 heteroatoms. The van der Waals surface area contributed by atoms with Crippen LogP contribution in [0.1, 0.15) is 32.5 Å². The maximum atomic E-state index is 12.7. The topological polar surface area (TPSA) is 53.3 Å². The summed E-state index contributed by atoms with van der Waals surface area (Å²) >= 11 is 7.59. The van der Waals surface area contributed by atoms with E-state index in [2.05, 4.69) is 6.07 Å². The van der Waals surface area contributed by atoms with Crippen molar-refractivity contribution in [3.05, 3.63) is 56.2 Å². The fourth-order valence-corrected chi connectivity index (χ4v) is 3.80. The van der Waals surface area contributed by atoms with Crippen LogP contribution in [-0.2, 0) is 4.74 Å². The van der Waals surface area contributed by atoms with E-state index in [-0.39, 0.29) is 12.0 Å². The molecule has 0 N–H and O–H groups in total. The molecule has 0 radical (unpaired) electrons. The Bertz CT molecular complexity index is 781. The van der Waals surface area contributed by atoms with Crippen LogP contribution in [0.25, 0.3) is 0 Å². The third-order valence-electron chi connectivity index (χ3n) is 3.83. The number of halogens is 1. The number of carbonyl (C=O) groups is 1. The fourth-order valence-electron chi connectivity index (χ4n) is 2.56. The Morgan fingerprint density at radius 3 is 3.04 bits per heavy atom. The summed E-state index contributed by atoms with van der Waals surface area (Å²) in [6.07, 6.45) is -0.221. The molecule has 0 unspecified atom stereocenters. The number of hydrogen-bond acceptors (Lipinski definition) is 4. The lowest BCUT2D eigenvalue weighted by Crippen LogP contribution is -2.42. The quantitative estimate of drug-likeness (QED) is 0.831. The highest BCUT2D eigenvalue weighted by Crippen LogP contribution is 2.30. The normalized spacial score (nSPS) is 17.8. The number of thiophene rings is 1. The van der Waals surface area contributed by atoms with E-state index in [1.807, 2.05) is 24.4 Å². The number of morpholine rings is 1. The number of ether oxygens (including phenoxy) is 1. The van der Waals surface area contributed by atoms with Gasteiger partial charge in [0, 0.05) is 6.54 Å². The summed E-state index contributed by atoms with van der Waals surface area (Å²) in [5.41, 5.74) is 2.42. The predicted octanol–water partition coefficient (Wildman–Crippen LogP) is 3.80. The van der Waals surface area contributed by atoms with Gasteiger partial charge in [0.1, 0.15) is 11.0 Å². The van der Waals surface area contributed by atoms with Gasteiger partial charge in [-0.1, -0.05) is 23.7 Å². The van der Waals surface area contributed by atoms with Gasteiger partial charge in [-0.25, -0.2) is 0 Å². The van der Waals surface area contributed by atoms with Crippen molar-refractivity contribution < 1.29 is 9.53 Å². The maximum Gasteiger partial charge on any atom is 0.265 e. The van der Waals surface area contributed by atoms with Crippen LogP contribution in [0.3, 0.4) is 0 Å². The van der Waals surface area contributed by atoms with Gasteiger partial charge in [-0.2, -0.15) is 5.26 Å². The first-order chi connectivity index (χ1) is 11.1. The molecule has 1 aromatic carbocycles. The average molecular weight is 347 g/mol. The van der Waals surface area contributed by atoms with Gasteiger partial charge in [-0.05, 0) is 35.6 Å². The van der Waals surface area contributed by atoms with Crippen LogP contribution in [0.2, 0.25) is 5.02 Å². The van der Waals surface area contributed by atoms with Crippen LogP contribution in [0.15, 0.2) is 29.6 Å². The van der Waals surface area contributed by atoms with E-state index in [1.165, 1.54) is 11.3 Å². The summed E-state index contributed by atoms with van der Waals surface area (Å²) < 4.78 is 5.78. The van der Waals surface area contributed by atoms with Gasteiger partial charge in [0.25, 0.3) is 5.91 Å². The second-order valence-electron chi connectivity index (χ2n) is 5.41. The highest BCUT2D eigenvalue weighted by Gasteiger charge is 2.28. The summed E-state index contributed by atoms with van der Waals surface area (Å²) in [6.45, 7) is 3.36. The standard InChI is InChI=1S/C17H15ClN2O2S/c1-11-10-23-16(15(11)18)17(21)20-5-6-22-14(9-20)13-4-2-3-12(7-13)8-19/h2-4,7,10,14H,5-6,9H2,1H3/t14-/m1/s1. The molecule has 23 heavy (non-hydrogen) atoms. The minimum absolute atomic E-state index is 0.0576. The summed E-state index contributed by atoms with van der Waals surface area (Å²) in [7, 11) is 0. The first-order valence-corrected chi connectivity index (χ1v) is 8.50. The van der Waals surface area contributed by atoms with Gasteiger partial charge >= 0.3 is 0 Å². The molecular formula is C17H15ClN2O2S. The highest BCUT2D eigenvalue weighted by molar-refractivity contribution is 7.13. The molecular weight excluding hydrogens is 332 g/mol. The van der Waals surface area contributed by atoms with Gasteiger partial charge in [0.05, 0.1) is 29.8 Å². The van der Waals surface area contributed by atoms with Crippen molar-refractivity contribution >= 4 is 28.8 Å². The molecule has 3 rings (SSSR count). The Morgan fingerprint density at radius 2 is 2.35 bits per heavy atom. The zero-order valence-corrected chi connectivity index (χ0v) is 14.2. The molecule has 0 aliphatic carbocycles. The van der Waals surface area contributed by atoms with Crippen molar-refractivity contribution in [2.45, 2.75) is 13.0 Å². The van der Waals surface area contributed by atoms with E-state index in [0.29, 0.717) is 35.2 Å². The summed E-state index contributed by atoms with van der Waals surface area (Å²) in [5, 5.41) is 11.4. The number of rotatable bonds is 2. The summed E-state index contributed by atoms with van der Waals surface area (Å²) in [6, 6.07) is 9.43. The monoisotopic (exact) mass is 346 g/mol. The van der Waals surface area contributed by atoms with E-state index in [4.69, 9.17) is 21.6 Å². The first kappa shape index (κ1) is 16.0. The molecule has 1 atom stereocenters. The predicted molar refractivity (Wildman–Crippen MR) is 89.8 cm³/mol. The number of amides is 1. The number of nitrogens with zero attached hydrogens (tertiary/aromatic N) is 2. The Kier molecular flexibility index (Phi) is 4.67. The van der Waals surface area contributed by atoms with Crippen LogP contribution >= 0.6 is 22.9 Å². The molecule has 1 aliphatic rings. The minimum atomic E-state index is -0.221. The van der Waals surface area contributed by atoms with Gasteiger partial charge in [0.2, 0.25) is 0 Å². The van der Waals surface area contributed by atoms with E-state index in [9.17, 15) is 4.79 Å². The molecule has 2 aromatic rings. The largest absolute Gasteiger partial charge is 0.370 e. The lowest BCUT2D eigenvalue weighted by atomic mass is 10.0. The average Bonchev–Trinajstić information content (AvgIpc) is 2.93. The number of carbonyl (C=O) groups excluding carboxylic acids is 1. The molecule has 1 aromatic heterocycles. The van der Waals surface area contributed by atoms with Crippen molar-refractivity contribution in [2.24, 2.45) is 0 Å². The van der Waals surface area contributed by atoms with Crippen LogP contribution in [0.4, 0.5) is 0 Å². The SMILES string of the molecule is Cc1csc(C(=O)N2CCO[C@@H](c3cccc(C#N)c3)C2)c1Cl. The zero-order chi connectivity index (χ0) is 16.4. The van der Waals surface area contributed by atoms with Crippen LogP contribution in [-0.4, -0.2) is 30.5 Å². The Hall–Kier alpha value is -1.87. The van der Waals surface area contributed by atoms with Crippen LogP contribution in [0, 0.1) is 18.3 Å². The first-order valence-electron chi connectivity index (χ1n) is 7.24. The minimum Gasteiger partial charge on any atom is -0.370 e. The molecule has 1 aliphatic heterocycles. The highest BCUT2D eigenvalue weighted by atomic mass is 35.5. The molecule has 4 nitrogen and oxygen atoms in total. The smallest absolute Gasteiger partial charge is 0.265 e. The second kappa shape index (κ2) is 6.71. The molecule has 0 spiro atoms. The fraction of sp³-hybridized carbons (Fsp3) is 0.294. The lowest BCUT2D eigenvalue weighted by molar-refractivity contribution is -0.0226. The van der Waals surface area contributed by atoms with Crippen LogP contribution < -0.4 is 0 Å². The van der Waals surface area contributed by atoms with Crippen LogP contribution in [0.5, 0.6) is 0 Å². The van der Waals surface area contributed by atoms with Gasteiger partial charge in [-0.15, -0.1) is 11.3 Å². The molecule has 1 saturated heterocycles. The Labute approximate surface area is 143 Å². The van der Waals surface area contributed by atoms with Gasteiger partial charge in [0.15, 0.2) is 0 Å². The van der Waals surface area contributed by atoms with Crippen molar-refractivity contribution in [2.75, 3.05) is 19.7 Å². The third-order valence-corrected chi connectivity index (χ3v) is 5.52.